The molecule has 0 aliphatic carbocycles. The lowest BCUT2D eigenvalue weighted by Gasteiger charge is -1.89. The highest BCUT2D eigenvalue weighted by Gasteiger charge is 2.08. The molecule has 2 aromatic rings. The van der Waals surface area contributed by atoms with Crippen molar-refractivity contribution in [2.24, 2.45) is 17.3 Å². The van der Waals surface area contributed by atoms with Gasteiger partial charge >= 0.3 is 0 Å². The molecule has 0 spiro atoms. The Hall–Kier alpha value is -2.37. The molecule has 0 aliphatic heterocycles. The van der Waals surface area contributed by atoms with Crippen molar-refractivity contribution in [3.8, 4) is 0 Å². The van der Waals surface area contributed by atoms with Crippen LogP contribution >= 0.6 is 0 Å². The topological polar surface area (TPSA) is 88.5 Å². The number of nitrogens with two attached hydrogens (primary N) is 1. The van der Waals surface area contributed by atoms with E-state index in [9.17, 15) is 4.79 Å². The summed E-state index contributed by atoms with van der Waals surface area (Å²) < 4.78 is 1.26. The van der Waals surface area contributed by atoms with Gasteiger partial charge in [-0.1, -0.05) is 18.2 Å². The van der Waals surface area contributed by atoms with Crippen LogP contribution in [0.3, 0.4) is 0 Å². The largest absolute Gasteiger partial charge is 0.382 e. The van der Waals surface area contributed by atoms with Gasteiger partial charge in [-0.3, -0.25) is 14.6 Å². The highest BCUT2D eigenvalue weighted by Crippen LogP contribution is 2.18. The number of aryl methyl sites for hydroxylation is 1. The average Bonchev–Trinajstić information content (AvgIpc) is 2.53. The van der Waals surface area contributed by atoms with Crippen LogP contribution in [0, 0.1) is 0 Å². The van der Waals surface area contributed by atoms with Crippen molar-refractivity contribution in [2.45, 2.75) is 0 Å². The first-order valence-electron chi connectivity index (χ1n) is 4.70. The number of H-pyrrole nitrogens is 1. The van der Waals surface area contributed by atoms with E-state index in [-0.39, 0.29) is 17.1 Å². The van der Waals surface area contributed by atoms with E-state index in [4.69, 9.17) is 5.73 Å². The summed E-state index contributed by atoms with van der Waals surface area (Å²) in [4.78, 5) is 11.5. The van der Waals surface area contributed by atoms with Gasteiger partial charge in [0.1, 0.15) is 5.82 Å². The molecule has 16 heavy (non-hydrogen) atoms. The lowest BCUT2D eigenvalue weighted by atomic mass is 10.3. The zero-order chi connectivity index (χ0) is 11.5. The first-order chi connectivity index (χ1) is 7.68. The molecule has 1 aromatic heterocycles. The number of benzene rings is 1. The lowest BCUT2D eigenvalue weighted by molar-refractivity contribution is 0.743. The van der Waals surface area contributed by atoms with E-state index in [2.05, 4.69) is 15.3 Å². The van der Waals surface area contributed by atoms with E-state index in [0.29, 0.717) is 5.69 Å². The number of hydrogen-bond acceptors (Lipinski definition) is 4. The fourth-order valence-corrected chi connectivity index (χ4v) is 1.26. The molecule has 0 aliphatic rings. The molecule has 0 saturated carbocycles. The van der Waals surface area contributed by atoms with Crippen molar-refractivity contribution in [3.63, 3.8) is 0 Å². The van der Waals surface area contributed by atoms with Crippen LogP contribution in [-0.4, -0.2) is 9.78 Å². The number of nitrogen functional groups attached to an aromatic ring is 1. The normalized spacial score (nSPS) is 11.1. The molecule has 1 heterocycles. The summed E-state index contributed by atoms with van der Waals surface area (Å²) in [6, 6.07) is 9.14. The van der Waals surface area contributed by atoms with Crippen LogP contribution in [0.5, 0.6) is 0 Å². The second-order valence-corrected chi connectivity index (χ2v) is 3.27. The third-order valence-corrected chi connectivity index (χ3v) is 2.07. The quantitative estimate of drug-likeness (QED) is 0.750. The number of rotatable bonds is 2. The van der Waals surface area contributed by atoms with E-state index in [1.165, 1.54) is 4.68 Å². The average molecular weight is 217 g/mol. The van der Waals surface area contributed by atoms with Gasteiger partial charge in [-0.15, -0.1) is 5.11 Å². The van der Waals surface area contributed by atoms with Gasteiger partial charge in [0.2, 0.25) is 0 Å². The number of anilines is 1. The van der Waals surface area contributed by atoms with Gasteiger partial charge in [-0.25, -0.2) is 0 Å². The first-order valence-corrected chi connectivity index (χ1v) is 4.70. The van der Waals surface area contributed by atoms with Crippen molar-refractivity contribution in [3.05, 3.63) is 40.7 Å². The van der Waals surface area contributed by atoms with Crippen molar-refractivity contribution < 1.29 is 0 Å². The SMILES string of the molecule is Cn1[nH]c(N)c(N=Nc2ccccc2)c1=O. The van der Waals surface area contributed by atoms with Crippen molar-refractivity contribution >= 4 is 17.2 Å². The Kier molecular flexibility index (Phi) is 2.55. The van der Waals surface area contributed by atoms with Gasteiger partial charge < -0.3 is 5.73 Å². The Morgan fingerprint density at radius 3 is 2.50 bits per heavy atom. The summed E-state index contributed by atoms with van der Waals surface area (Å²) in [6.45, 7) is 0. The molecule has 6 nitrogen and oxygen atoms in total. The van der Waals surface area contributed by atoms with Crippen molar-refractivity contribution in [2.75, 3.05) is 5.73 Å². The fraction of sp³-hybridized carbons (Fsp3) is 0.100. The standard InChI is InChI=1S/C10H11N5O/c1-15-10(16)8(9(11)14-15)13-12-7-5-3-2-4-6-7/h2-6,14H,11H2,1H3. The maximum Gasteiger partial charge on any atom is 0.296 e. The highest BCUT2D eigenvalue weighted by atomic mass is 16.1. The minimum atomic E-state index is -0.294. The maximum absolute atomic E-state index is 11.5. The van der Waals surface area contributed by atoms with Gasteiger partial charge in [0.05, 0.1) is 5.69 Å². The minimum absolute atomic E-state index is 0.131. The Morgan fingerprint density at radius 1 is 1.25 bits per heavy atom. The fourth-order valence-electron chi connectivity index (χ4n) is 1.26. The molecule has 0 unspecified atom stereocenters. The highest BCUT2D eigenvalue weighted by molar-refractivity contribution is 5.55. The van der Waals surface area contributed by atoms with Crippen LogP contribution < -0.4 is 11.3 Å². The number of nitrogens with one attached hydrogen (secondary N) is 1. The predicted molar refractivity (Wildman–Crippen MR) is 61.1 cm³/mol. The van der Waals surface area contributed by atoms with Crippen LogP contribution in [-0.2, 0) is 7.05 Å². The molecule has 0 bridgehead atoms. The van der Waals surface area contributed by atoms with Gasteiger partial charge in [-0.05, 0) is 12.1 Å². The smallest absolute Gasteiger partial charge is 0.296 e. The Balaban J connectivity index is 2.35. The number of aromatic amines is 1. The molecular weight excluding hydrogens is 206 g/mol. The molecule has 0 amide bonds. The monoisotopic (exact) mass is 217 g/mol. The van der Waals surface area contributed by atoms with Gasteiger partial charge in [-0.2, -0.15) is 5.11 Å². The Bertz CT molecular complexity index is 567. The third kappa shape index (κ3) is 1.85. The predicted octanol–water partition coefficient (Wildman–Crippen LogP) is 1.71. The molecule has 6 heteroatoms. The van der Waals surface area contributed by atoms with Crippen LogP contribution in [0.15, 0.2) is 45.4 Å². The van der Waals surface area contributed by atoms with Gasteiger partial charge in [0, 0.05) is 7.05 Å². The lowest BCUT2D eigenvalue weighted by Crippen LogP contribution is -2.10. The second kappa shape index (κ2) is 4.01. The van der Waals surface area contributed by atoms with E-state index >= 15 is 0 Å². The number of nitrogens with zero attached hydrogens (tertiary/aromatic N) is 3. The van der Waals surface area contributed by atoms with E-state index in [1.807, 2.05) is 18.2 Å². The van der Waals surface area contributed by atoms with Crippen LogP contribution in [0.25, 0.3) is 0 Å². The molecule has 0 fully saturated rings. The van der Waals surface area contributed by atoms with Gasteiger partial charge in [0.15, 0.2) is 5.69 Å². The van der Waals surface area contributed by atoms with Crippen LogP contribution in [0.4, 0.5) is 17.2 Å². The summed E-state index contributed by atoms with van der Waals surface area (Å²) in [6.07, 6.45) is 0. The summed E-state index contributed by atoms with van der Waals surface area (Å²) >= 11 is 0. The first kappa shape index (κ1) is 10.2. The zero-order valence-electron chi connectivity index (χ0n) is 8.71. The Morgan fingerprint density at radius 2 is 1.94 bits per heavy atom. The summed E-state index contributed by atoms with van der Waals surface area (Å²) in [5, 5.41) is 10.4. The molecule has 82 valence electrons. The summed E-state index contributed by atoms with van der Waals surface area (Å²) in [5.41, 5.74) is 6.08. The number of azo groups is 1. The third-order valence-electron chi connectivity index (χ3n) is 2.07. The van der Waals surface area contributed by atoms with Crippen molar-refractivity contribution in [1.82, 2.24) is 9.78 Å². The molecule has 0 saturated heterocycles. The molecule has 3 N–H and O–H groups in total. The molecule has 0 atom stereocenters. The van der Waals surface area contributed by atoms with E-state index < -0.39 is 0 Å². The van der Waals surface area contributed by atoms with Crippen molar-refractivity contribution in [1.29, 1.82) is 0 Å². The summed E-state index contributed by atoms with van der Waals surface area (Å²) in [7, 11) is 1.57. The summed E-state index contributed by atoms with van der Waals surface area (Å²) in [5.74, 6) is 0.215. The molecule has 0 radical (unpaired) electrons. The van der Waals surface area contributed by atoms with E-state index in [0.717, 1.165) is 0 Å². The van der Waals surface area contributed by atoms with E-state index in [1.54, 1.807) is 19.2 Å². The molecule has 1 aromatic carbocycles. The maximum atomic E-state index is 11.5. The Labute approximate surface area is 91.4 Å². The minimum Gasteiger partial charge on any atom is -0.382 e. The molecule has 2 rings (SSSR count). The van der Waals surface area contributed by atoms with Crippen LogP contribution in [0.2, 0.25) is 0 Å². The second-order valence-electron chi connectivity index (χ2n) is 3.27. The number of hydrogen-bond donors (Lipinski definition) is 2. The number of aromatic nitrogens is 2. The van der Waals surface area contributed by atoms with Gasteiger partial charge in [0.25, 0.3) is 5.56 Å². The molecular formula is C10H11N5O. The van der Waals surface area contributed by atoms with Crippen LogP contribution in [0.1, 0.15) is 0 Å². The zero-order valence-corrected chi connectivity index (χ0v) is 8.71.